The van der Waals surface area contributed by atoms with Crippen LogP contribution in [-0.2, 0) is 9.47 Å². The zero-order valence-corrected chi connectivity index (χ0v) is 15.9. The maximum absolute atomic E-state index is 12.2. The third-order valence-electron chi connectivity index (χ3n) is 5.62. The lowest BCUT2D eigenvalue weighted by atomic mass is 9.99. The minimum atomic E-state index is -0.556. The lowest BCUT2D eigenvalue weighted by molar-refractivity contribution is -0.384. The van der Waals surface area contributed by atoms with E-state index in [1.54, 1.807) is 6.07 Å². The molecule has 0 spiro atoms. The second kappa shape index (κ2) is 8.67. The van der Waals surface area contributed by atoms with Crippen molar-refractivity contribution in [2.75, 3.05) is 51.9 Å². The zero-order valence-electron chi connectivity index (χ0n) is 15.9. The molecule has 1 aromatic rings. The van der Waals surface area contributed by atoms with Crippen molar-refractivity contribution in [1.82, 2.24) is 4.90 Å². The molecule has 0 saturated carbocycles. The fraction of sp³-hybridized carbons (Fsp3) is 0.632. The van der Waals surface area contributed by atoms with Crippen molar-refractivity contribution in [1.29, 1.82) is 0 Å². The van der Waals surface area contributed by atoms with Crippen LogP contribution in [0.25, 0.3) is 0 Å². The molecule has 0 aliphatic carbocycles. The van der Waals surface area contributed by atoms with E-state index in [0.717, 1.165) is 52.1 Å². The van der Waals surface area contributed by atoms with Gasteiger partial charge in [0.1, 0.15) is 0 Å². The molecule has 148 valence electrons. The molecule has 2 fully saturated rings. The summed E-state index contributed by atoms with van der Waals surface area (Å²) in [4.78, 5) is 27.3. The Balaban J connectivity index is 1.67. The highest BCUT2D eigenvalue weighted by Gasteiger charge is 2.28. The van der Waals surface area contributed by atoms with Crippen LogP contribution in [0.4, 0.5) is 11.4 Å². The van der Waals surface area contributed by atoms with E-state index in [1.165, 1.54) is 19.2 Å². The average molecular weight is 377 g/mol. The molecule has 2 heterocycles. The van der Waals surface area contributed by atoms with Crippen molar-refractivity contribution in [3.8, 4) is 0 Å². The molecule has 0 radical (unpaired) electrons. The maximum Gasteiger partial charge on any atom is 0.340 e. The van der Waals surface area contributed by atoms with Crippen molar-refractivity contribution in [3.63, 3.8) is 0 Å². The Kier molecular flexibility index (Phi) is 6.28. The van der Waals surface area contributed by atoms with Gasteiger partial charge in [0.05, 0.1) is 29.9 Å². The summed E-state index contributed by atoms with van der Waals surface area (Å²) in [7, 11) is 3.23. The van der Waals surface area contributed by atoms with Crippen molar-refractivity contribution < 1.29 is 19.2 Å². The first-order chi connectivity index (χ1) is 13.0. The molecule has 1 aromatic carbocycles. The number of likely N-dealkylation sites (tertiary alicyclic amines) is 1. The maximum atomic E-state index is 12.2. The number of nitrogens with zero attached hydrogens (tertiary/aromatic N) is 3. The molecule has 0 amide bonds. The van der Waals surface area contributed by atoms with Gasteiger partial charge in [-0.25, -0.2) is 4.79 Å². The number of methoxy groups -OCH3 is 1. The summed E-state index contributed by atoms with van der Waals surface area (Å²) >= 11 is 0. The van der Waals surface area contributed by atoms with Gasteiger partial charge in [-0.1, -0.05) is 0 Å². The van der Waals surface area contributed by atoms with Crippen LogP contribution in [0.1, 0.15) is 29.6 Å². The van der Waals surface area contributed by atoms with Crippen LogP contribution >= 0.6 is 0 Å². The van der Waals surface area contributed by atoms with Crippen molar-refractivity contribution >= 4 is 17.3 Å². The minimum Gasteiger partial charge on any atom is -0.465 e. The highest BCUT2D eigenvalue weighted by atomic mass is 16.6. The van der Waals surface area contributed by atoms with Crippen LogP contribution in [0.5, 0.6) is 0 Å². The summed E-state index contributed by atoms with van der Waals surface area (Å²) in [5.41, 5.74) is 0.802. The number of nitro benzene ring substituents is 1. The first kappa shape index (κ1) is 19.6. The Labute approximate surface area is 159 Å². The van der Waals surface area contributed by atoms with Gasteiger partial charge in [0.25, 0.3) is 5.69 Å². The molecule has 8 heteroatoms. The molecule has 0 bridgehead atoms. The molecule has 8 nitrogen and oxygen atoms in total. The molecular formula is C19H27N3O5. The lowest BCUT2D eigenvalue weighted by Crippen LogP contribution is -2.45. The average Bonchev–Trinajstić information content (AvgIpc) is 3.20. The Morgan fingerprint density at radius 1 is 1.37 bits per heavy atom. The van der Waals surface area contributed by atoms with Gasteiger partial charge in [0.2, 0.25) is 0 Å². The number of non-ortho nitro benzene ring substituents is 1. The highest BCUT2D eigenvalue weighted by Crippen LogP contribution is 2.29. The summed E-state index contributed by atoms with van der Waals surface area (Å²) in [6, 6.07) is 4.67. The van der Waals surface area contributed by atoms with E-state index in [4.69, 9.17) is 9.47 Å². The smallest absolute Gasteiger partial charge is 0.340 e. The predicted octanol–water partition coefficient (Wildman–Crippen LogP) is 2.32. The number of esters is 1. The Morgan fingerprint density at radius 2 is 2.11 bits per heavy atom. The zero-order chi connectivity index (χ0) is 19.4. The second-order valence-corrected chi connectivity index (χ2v) is 7.32. The quantitative estimate of drug-likeness (QED) is 0.427. The van der Waals surface area contributed by atoms with E-state index in [-0.39, 0.29) is 17.3 Å². The molecule has 2 aliphatic rings. The van der Waals surface area contributed by atoms with Crippen LogP contribution in [0.2, 0.25) is 0 Å². The molecule has 3 rings (SSSR count). The second-order valence-electron chi connectivity index (χ2n) is 7.32. The molecule has 0 aromatic heterocycles. The Bertz CT molecular complexity index is 682. The lowest BCUT2D eigenvalue weighted by Gasteiger charge is -2.39. The van der Waals surface area contributed by atoms with E-state index in [9.17, 15) is 14.9 Å². The van der Waals surface area contributed by atoms with Gasteiger partial charge >= 0.3 is 5.97 Å². The fourth-order valence-corrected chi connectivity index (χ4v) is 4.00. The monoisotopic (exact) mass is 377 g/mol. The standard InChI is InChI=1S/C19H27N3O5/c1-20(15-5-8-21(9-6-15)12-14-7-10-27-13-14)18-4-3-16(22(24)25)11-17(18)19(23)26-2/h3-4,11,14-15H,5-10,12-13H2,1-2H3. The first-order valence-corrected chi connectivity index (χ1v) is 9.39. The largest absolute Gasteiger partial charge is 0.465 e. The number of carbonyl (C=O) groups excluding carboxylic acids is 1. The number of carbonyl (C=O) groups is 1. The molecule has 2 aliphatic heterocycles. The van der Waals surface area contributed by atoms with E-state index >= 15 is 0 Å². The topological polar surface area (TPSA) is 85.1 Å². The van der Waals surface area contributed by atoms with Crippen molar-refractivity contribution in [2.24, 2.45) is 5.92 Å². The number of hydrogen-bond donors (Lipinski definition) is 0. The molecule has 27 heavy (non-hydrogen) atoms. The van der Waals surface area contributed by atoms with Gasteiger partial charge in [0, 0.05) is 51.5 Å². The summed E-state index contributed by atoms with van der Waals surface area (Å²) in [6.45, 7) is 4.84. The summed E-state index contributed by atoms with van der Waals surface area (Å²) in [5.74, 6) is 0.0825. The molecule has 2 saturated heterocycles. The van der Waals surface area contributed by atoms with Crippen LogP contribution < -0.4 is 4.90 Å². The Hall–Kier alpha value is -2.19. The SMILES string of the molecule is COC(=O)c1cc([N+](=O)[O-])ccc1N(C)C1CCN(CC2CCOC2)CC1. The minimum absolute atomic E-state index is 0.110. The molecular weight excluding hydrogens is 350 g/mol. The van der Waals surface area contributed by atoms with Crippen LogP contribution in [0.15, 0.2) is 18.2 Å². The number of piperidine rings is 1. The summed E-state index contributed by atoms with van der Waals surface area (Å²) < 4.78 is 10.3. The molecule has 0 N–H and O–H groups in total. The summed E-state index contributed by atoms with van der Waals surface area (Å²) in [5, 5.41) is 11.1. The van der Waals surface area contributed by atoms with Gasteiger partial charge < -0.3 is 19.3 Å². The van der Waals surface area contributed by atoms with E-state index in [2.05, 4.69) is 9.80 Å². The number of rotatable bonds is 6. The van der Waals surface area contributed by atoms with Crippen molar-refractivity contribution in [2.45, 2.75) is 25.3 Å². The van der Waals surface area contributed by atoms with E-state index in [1.807, 2.05) is 7.05 Å². The van der Waals surface area contributed by atoms with Gasteiger partial charge in [0.15, 0.2) is 0 Å². The van der Waals surface area contributed by atoms with Crippen molar-refractivity contribution in [3.05, 3.63) is 33.9 Å². The molecule has 1 atom stereocenters. The fourth-order valence-electron chi connectivity index (χ4n) is 4.00. The van der Waals surface area contributed by atoms with Gasteiger partial charge in [-0.15, -0.1) is 0 Å². The molecule has 1 unspecified atom stereocenters. The van der Waals surface area contributed by atoms with Crippen LogP contribution in [0.3, 0.4) is 0 Å². The number of ether oxygens (including phenoxy) is 2. The normalized spacial score (nSPS) is 21.2. The van der Waals surface area contributed by atoms with E-state index in [0.29, 0.717) is 11.6 Å². The number of benzene rings is 1. The highest BCUT2D eigenvalue weighted by molar-refractivity contribution is 5.96. The van der Waals surface area contributed by atoms with Gasteiger partial charge in [-0.3, -0.25) is 10.1 Å². The number of nitro groups is 1. The Morgan fingerprint density at radius 3 is 2.70 bits per heavy atom. The number of anilines is 1. The third kappa shape index (κ3) is 4.56. The van der Waals surface area contributed by atoms with Gasteiger partial charge in [-0.05, 0) is 31.2 Å². The predicted molar refractivity (Wildman–Crippen MR) is 101 cm³/mol. The van der Waals surface area contributed by atoms with Crippen LogP contribution in [-0.4, -0.2) is 68.8 Å². The summed E-state index contributed by atoms with van der Waals surface area (Å²) in [6.07, 6.45) is 3.12. The van der Waals surface area contributed by atoms with Crippen LogP contribution in [0, 0.1) is 16.0 Å². The number of hydrogen-bond acceptors (Lipinski definition) is 7. The van der Waals surface area contributed by atoms with Gasteiger partial charge in [-0.2, -0.15) is 0 Å². The van der Waals surface area contributed by atoms with E-state index < -0.39 is 10.9 Å². The third-order valence-corrected chi connectivity index (χ3v) is 5.62. The first-order valence-electron chi connectivity index (χ1n) is 9.39.